The molecule has 104 valence electrons. The average molecular weight is 252 g/mol. The Bertz CT molecular complexity index is 286. The number of hydrogen-bond acceptors (Lipinski definition) is 3. The minimum Gasteiger partial charge on any atom is -0.377 e. The molecule has 3 fully saturated rings. The highest BCUT2D eigenvalue weighted by molar-refractivity contribution is 5.02. The SMILES string of the molecule is CC1CCNC(C)(C2CC2)CN1CC1CCCO1. The van der Waals surface area contributed by atoms with E-state index in [2.05, 4.69) is 24.1 Å². The fourth-order valence-electron chi connectivity index (χ4n) is 3.67. The summed E-state index contributed by atoms with van der Waals surface area (Å²) in [6, 6.07) is 0.697. The molecule has 2 saturated heterocycles. The topological polar surface area (TPSA) is 24.5 Å². The summed E-state index contributed by atoms with van der Waals surface area (Å²) in [5.41, 5.74) is 0.351. The summed E-state index contributed by atoms with van der Waals surface area (Å²) >= 11 is 0. The number of nitrogens with zero attached hydrogens (tertiary/aromatic N) is 1. The molecule has 1 saturated carbocycles. The zero-order valence-corrected chi connectivity index (χ0v) is 12.0. The van der Waals surface area contributed by atoms with Gasteiger partial charge in [0.2, 0.25) is 0 Å². The second-order valence-electron chi connectivity index (χ2n) is 6.82. The van der Waals surface area contributed by atoms with E-state index in [1.165, 1.54) is 45.2 Å². The first kappa shape index (κ1) is 12.9. The van der Waals surface area contributed by atoms with Crippen molar-refractivity contribution in [3.05, 3.63) is 0 Å². The zero-order chi connectivity index (χ0) is 12.6. The molecule has 0 bridgehead atoms. The maximum absolute atomic E-state index is 5.83. The molecule has 0 aromatic rings. The highest BCUT2D eigenvalue weighted by atomic mass is 16.5. The van der Waals surface area contributed by atoms with Crippen molar-refractivity contribution in [2.45, 2.75) is 63.6 Å². The molecule has 0 aromatic heterocycles. The Kier molecular flexibility index (Phi) is 3.65. The highest BCUT2D eigenvalue weighted by Gasteiger charge is 2.44. The molecule has 0 spiro atoms. The van der Waals surface area contributed by atoms with Crippen molar-refractivity contribution in [3.8, 4) is 0 Å². The lowest BCUT2D eigenvalue weighted by Gasteiger charge is -2.36. The van der Waals surface area contributed by atoms with E-state index < -0.39 is 0 Å². The molecule has 1 aliphatic carbocycles. The number of ether oxygens (including phenoxy) is 1. The van der Waals surface area contributed by atoms with Crippen molar-refractivity contribution in [3.63, 3.8) is 0 Å². The monoisotopic (exact) mass is 252 g/mol. The van der Waals surface area contributed by atoms with Crippen LogP contribution < -0.4 is 5.32 Å². The van der Waals surface area contributed by atoms with Crippen LogP contribution in [0.25, 0.3) is 0 Å². The lowest BCUT2D eigenvalue weighted by atomic mass is 9.95. The fraction of sp³-hybridized carbons (Fsp3) is 1.00. The Hall–Kier alpha value is -0.120. The normalized spacial score (nSPS) is 43.0. The largest absolute Gasteiger partial charge is 0.377 e. The van der Waals surface area contributed by atoms with Crippen LogP contribution in [-0.4, -0.2) is 48.8 Å². The van der Waals surface area contributed by atoms with Crippen LogP contribution in [-0.2, 0) is 4.74 Å². The summed E-state index contributed by atoms with van der Waals surface area (Å²) in [6.45, 7) is 9.32. The third-order valence-electron chi connectivity index (χ3n) is 5.19. The van der Waals surface area contributed by atoms with Crippen LogP contribution in [0.2, 0.25) is 0 Å². The predicted molar refractivity (Wildman–Crippen MR) is 73.8 cm³/mol. The van der Waals surface area contributed by atoms with Crippen molar-refractivity contribution in [1.82, 2.24) is 10.2 Å². The third-order valence-corrected chi connectivity index (χ3v) is 5.19. The summed E-state index contributed by atoms with van der Waals surface area (Å²) in [5.74, 6) is 0.912. The van der Waals surface area contributed by atoms with Gasteiger partial charge in [-0.25, -0.2) is 0 Å². The van der Waals surface area contributed by atoms with E-state index in [-0.39, 0.29) is 0 Å². The molecule has 2 heterocycles. The van der Waals surface area contributed by atoms with E-state index in [9.17, 15) is 0 Å². The first-order valence-electron chi connectivity index (χ1n) is 7.78. The zero-order valence-electron chi connectivity index (χ0n) is 12.0. The molecule has 2 aliphatic heterocycles. The number of nitrogens with one attached hydrogen (secondary N) is 1. The average Bonchev–Trinajstić information content (AvgIpc) is 3.09. The fourth-order valence-corrected chi connectivity index (χ4v) is 3.67. The van der Waals surface area contributed by atoms with Gasteiger partial charge in [-0.05, 0) is 58.4 Å². The van der Waals surface area contributed by atoms with Gasteiger partial charge in [-0.3, -0.25) is 4.90 Å². The Balaban J connectivity index is 1.64. The summed E-state index contributed by atoms with van der Waals surface area (Å²) in [7, 11) is 0. The molecule has 3 nitrogen and oxygen atoms in total. The van der Waals surface area contributed by atoms with Gasteiger partial charge < -0.3 is 10.1 Å². The smallest absolute Gasteiger partial charge is 0.0702 e. The van der Waals surface area contributed by atoms with Gasteiger partial charge in [-0.15, -0.1) is 0 Å². The quantitative estimate of drug-likeness (QED) is 0.831. The second kappa shape index (κ2) is 5.10. The summed E-state index contributed by atoms with van der Waals surface area (Å²) in [6.07, 6.45) is 7.13. The van der Waals surface area contributed by atoms with Gasteiger partial charge in [-0.1, -0.05) is 0 Å². The first-order valence-corrected chi connectivity index (χ1v) is 7.78. The van der Waals surface area contributed by atoms with Crippen LogP contribution in [0.15, 0.2) is 0 Å². The van der Waals surface area contributed by atoms with Crippen molar-refractivity contribution in [2.24, 2.45) is 5.92 Å². The standard InChI is InChI=1S/C15H28N2O/c1-12-7-8-16-15(2,13-5-6-13)11-17(12)10-14-4-3-9-18-14/h12-14,16H,3-11H2,1-2H3. The summed E-state index contributed by atoms with van der Waals surface area (Å²) in [4.78, 5) is 2.69. The van der Waals surface area contributed by atoms with E-state index in [1.807, 2.05) is 0 Å². The van der Waals surface area contributed by atoms with Gasteiger partial charge in [0.25, 0.3) is 0 Å². The molecule has 1 N–H and O–H groups in total. The van der Waals surface area contributed by atoms with Gasteiger partial charge in [0.15, 0.2) is 0 Å². The van der Waals surface area contributed by atoms with Crippen molar-refractivity contribution in [1.29, 1.82) is 0 Å². The lowest BCUT2D eigenvalue weighted by molar-refractivity contribution is 0.0512. The first-order chi connectivity index (χ1) is 8.67. The highest BCUT2D eigenvalue weighted by Crippen LogP contribution is 2.41. The Morgan fingerprint density at radius 3 is 2.78 bits per heavy atom. The van der Waals surface area contributed by atoms with Crippen molar-refractivity contribution < 1.29 is 4.74 Å². The summed E-state index contributed by atoms with van der Waals surface area (Å²) in [5, 5.41) is 3.82. The molecular formula is C15H28N2O. The molecule has 3 unspecified atom stereocenters. The maximum Gasteiger partial charge on any atom is 0.0702 e. The number of rotatable bonds is 3. The molecule has 3 rings (SSSR count). The predicted octanol–water partition coefficient (Wildman–Crippen LogP) is 2.02. The molecule has 0 radical (unpaired) electrons. The molecule has 3 atom stereocenters. The van der Waals surface area contributed by atoms with Crippen LogP contribution >= 0.6 is 0 Å². The molecule has 3 aliphatic rings. The molecular weight excluding hydrogens is 224 g/mol. The summed E-state index contributed by atoms with van der Waals surface area (Å²) < 4.78 is 5.83. The van der Waals surface area contributed by atoms with Crippen LogP contribution in [0.4, 0.5) is 0 Å². The molecule has 3 heteroatoms. The van der Waals surface area contributed by atoms with Gasteiger partial charge in [-0.2, -0.15) is 0 Å². The van der Waals surface area contributed by atoms with Crippen LogP contribution in [0.1, 0.15) is 46.0 Å². The molecule has 0 aromatic carbocycles. The van der Waals surface area contributed by atoms with Gasteiger partial charge in [0, 0.05) is 31.3 Å². The van der Waals surface area contributed by atoms with Gasteiger partial charge in [0.05, 0.1) is 6.10 Å². The molecule has 0 amide bonds. The minimum atomic E-state index is 0.351. The van der Waals surface area contributed by atoms with Crippen molar-refractivity contribution in [2.75, 3.05) is 26.2 Å². The van der Waals surface area contributed by atoms with Gasteiger partial charge in [0.1, 0.15) is 0 Å². The Morgan fingerprint density at radius 2 is 2.11 bits per heavy atom. The van der Waals surface area contributed by atoms with Gasteiger partial charge >= 0.3 is 0 Å². The van der Waals surface area contributed by atoms with Crippen molar-refractivity contribution >= 4 is 0 Å². The Morgan fingerprint density at radius 1 is 1.28 bits per heavy atom. The van der Waals surface area contributed by atoms with E-state index in [0.717, 1.165) is 19.1 Å². The Labute approximate surface area is 111 Å². The van der Waals surface area contributed by atoms with Crippen LogP contribution in [0, 0.1) is 5.92 Å². The maximum atomic E-state index is 5.83. The number of hydrogen-bond donors (Lipinski definition) is 1. The van der Waals surface area contributed by atoms with E-state index in [4.69, 9.17) is 4.74 Å². The van der Waals surface area contributed by atoms with Crippen LogP contribution in [0.3, 0.4) is 0 Å². The van der Waals surface area contributed by atoms with E-state index >= 15 is 0 Å². The minimum absolute atomic E-state index is 0.351. The second-order valence-corrected chi connectivity index (χ2v) is 6.82. The van der Waals surface area contributed by atoms with E-state index in [0.29, 0.717) is 17.7 Å². The van der Waals surface area contributed by atoms with Crippen LogP contribution in [0.5, 0.6) is 0 Å². The third kappa shape index (κ3) is 2.73. The lowest BCUT2D eigenvalue weighted by Crippen LogP contribution is -2.52. The van der Waals surface area contributed by atoms with E-state index in [1.54, 1.807) is 0 Å². The molecule has 18 heavy (non-hydrogen) atoms.